The number of nitrogens with one attached hydrogen (secondary N) is 2. The highest BCUT2D eigenvalue weighted by molar-refractivity contribution is 6.40. The highest BCUT2D eigenvalue weighted by atomic mass is 35.5. The summed E-state index contributed by atoms with van der Waals surface area (Å²) < 4.78 is 5.71. The first kappa shape index (κ1) is 22.6. The third-order valence-corrected chi connectivity index (χ3v) is 4.59. The fraction of sp³-hybridized carbons (Fsp3) is 0.0455. The molecule has 0 aliphatic heterocycles. The minimum absolute atomic E-state index is 0.302. The van der Waals surface area contributed by atoms with Crippen LogP contribution < -0.4 is 15.5 Å². The van der Waals surface area contributed by atoms with E-state index < -0.39 is 11.8 Å². The molecule has 0 saturated heterocycles. The molecule has 9 heteroatoms. The van der Waals surface area contributed by atoms with Crippen LogP contribution in [0.3, 0.4) is 0 Å². The van der Waals surface area contributed by atoms with Crippen LogP contribution in [0.25, 0.3) is 0 Å². The van der Waals surface area contributed by atoms with Gasteiger partial charge in [-0.2, -0.15) is 5.10 Å². The van der Waals surface area contributed by atoms with Gasteiger partial charge in [-0.1, -0.05) is 46.9 Å². The maximum Gasteiger partial charge on any atom is 0.329 e. The van der Waals surface area contributed by atoms with Crippen LogP contribution in [0.5, 0.6) is 5.75 Å². The van der Waals surface area contributed by atoms with Gasteiger partial charge in [0.1, 0.15) is 12.4 Å². The summed E-state index contributed by atoms with van der Waals surface area (Å²) in [6, 6.07) is 18.9. The van der Waals surface area contributed by atoms with E-state index in [1.165, 1.54) is 24.4 Å². The van der Waals surface area contributed by atoms with Crippen molar-refractivity contribution in [1.29, 1.82) is 0 Å². The lowest BCUT2D eigenvalue weighted by Gasteiger charge is -2.06. The summed E-state index contributed by atoms with van der Waals surface area (Å²) in [4.78, 5) is 23.8. The summed E-state index contributed by atoms with van der Waals surface area (Å²) in [5.41, 5.74) is 4.16. The van der Waals surface area contributed by atoms with E-state index in [9.17, 15) is 9.59 Å². The second kappa shape index (κ2) is 10.8. The lowest BCUT2D eigenvalue weighted by Crippen LogP contribution is -2.32. The monoisotopic (exact) mass is 475 g/mol. The third kappa shape index (κ3) is 7.29. The molecule has 31 heavy (non-hydrogen) atoms. The van der Waals surface area contributed by atoms with Gasteiger partial charge in [0.2, 0.25) is 0 Å². The Labute approximate surface area is 193 Å². The van der Waals surface area contributed by atoms with Crippen molar-refractivity contribution in [3.05, 3.63) is 92.9 Å². The lowest BCUT2D eigenvalue weighted by molar-refractivity contribution is -0.136. The van der Waals surface area contributed by atoms with E-state index in [2.05, 4.69) is 15.8 Å². The van der Waals surface area contributed by atoms with Crippen LogP contribution in [0.2, 0.25) is 15.1 Å². The number of nitrogens with zero attached hydrogens (tertiary/aromatic N) is 1. The van der Waals surface area contributed by atoms with Crippen molar-refractivity contribution in [3.63, 3.8) is 0 Å². The molecule has 2 N–H and O–H groups in total. The minimum atomic E-state index is -0.935. The maximum absolute atomic E-state index is 11.9. The zero-order chi connectivity index (χ0) is 22.2. The van der Waals surface area contributed by atoms with Crippen molar-refractivity contribution in [3.8, 4) is 5.75 Å². The van der Waals surface area contributed by atoms with Crippen LogP contribution >= 0.6 is 34.8 Å². The van der Waals surface area contributed by atoms with Gasteiger partial charge >= 0.3 is 11.8 Å². The molecule has 0 aromatic heterocycles. The molecule has 0 aliphatic carbocycles. The first-order chi connectivity index (χ1) is 14.9. The Hall–Kier alpha value is -3.06. The van der Waals surface area contributed by atoms with Gasteiger partial charge in [0.05, 0.1) is 6.21 Å². The molecule has 2 amide bonds. The number of anilines is 1. The molecular formula is C22H16Cl3N3O3. The number of hydrogen-bond donors (Lipinski definition) is 2. The number of ether oxygens (including phenoxy) is 1. The molecule has 0 fully saturated rings. The summed E-state index contributed by atoms with van der Waals surface area (Å²) >= 11 is 17.6. The average molecular weight is 477 g/mol. The molecule has 0 heterocycles. The number of hydrazone groups is 1. The van der Waals surface area contributed by atoms with Crippen LogP contribution in [0.4, 0.5) is 5.69 Å². The number of benzene rings is 3. The maximum atomic E-state index is 11.9. The van der Waals surface area contributed by atoms with Gasteiger partial charge in [0.15, 0.2) is 0 Å². The molecule has 0 bridgehead atoms. The van der Waals surface area contributed by atoms with Crippen molar-refractivity contribution >= 4 is 58.5 Å². The zero-order valence-corrected chi connectivity index (χ0v) is 18.2. The van der Waals surface area contributed by atoms with Crippen molar-refractivity contribution < 1.29 is 14.3 Å². The zero-order valence-electron chi connectivity index (χ0n) is 15.9. The normalized spacial score (nSPS) is 10.7. The Morgan fingerprint density at radius 3 is 2.13 bits per heavy atom. The van der Waals surface area contributed by atoms with Crippen molar-refractivity contribution in [1.82, 2.24) is 5.43 Å². The SMILES string of the molecule is O=C(NN=Cc1ccc(OCc2ccc(Cl)cc2)cc1)C(=O)Nc1cc(Cl)cc(Cl)c1. The van der Waals surface area contributed by atoms with Gasteiger partial charge < -0.3 is 10.1 Å². The highest BCUT2D eigenvalue weighted by Gasteiger charge is 2.13. The number of carbonyl (C=O) groups is 2. The van der Waals surface area contributed by atoms with Crippen LogP contribution in [-0.4, -0.2) is 18.0 Å². The first-order valence-electron chi connectivity index (χ1n) is 8.97. The van der Waals surface area contributed by atoms with E-state index in [-0.39, 0.29) is 0 Å². The molecule has 0 saturated carbocycles. The molecule has 0 aliphatic rings. The largest absolute Gasteiger partial charge is 0.489 e. The van der Waals surface area contributed by atoms with Gasteiger partial charge in [-0.05, 0) is 65.7 Å². The highest BCUT2D eigenvalue weighted by Crippen LogP contribution is 2.22. The van der Waals surface area contributed by atoms with Gasteiger partial charge in [-0.25, -0.2) is 5.43 Å². The number of carbonyl (C=O) groups excluding carboxylic acids is 2. The Bertz CT molecular complexity index is 1080. The van der Waals surface area contributed by atoms with E-state index >= 15 is 0 Å². The predicted octanol–water partition coefficient (Wildman–Crippen LogP) is 5.31. The van der Waals surface area contributed by atoms with Crippen molar-refractivity contribution in [2.75, 3.05) is 5.32 Å². The van der Waals surface area contributed by atoms with Crippen molar-refractivity contribution in [2.24, 2.45) is 5.10 Å². The average Bonchev–Trinajstić information content (AvgIpc) is 2.73. The number of rotatable bonds is 6. The molecule has 158 valence electrons. The molecule has 6 nitrogen and oxygen atoms in total. The molecular weight excluding hydrogens is 461 g/mol. The topological polar surface area (TPSA) is 79.8 Å². The first-order valence-corrected chi connectivity index (χ1v) is 10.1. The van der Waals surface area contributed by atoms with Gasteiger partial charge in [0.25, 0.3) is 0 Å². The van der Waals surface area contributed by atoms with Crippen LogP contribution in [0, 0.1) is 0 Å². The molecule has 0 unspecified atom stereocenters. The molecule has 3 aromatic rings. The molecule has 0 spiro atoms. The third-order valence-electron chi connectivity index (χ3n) is 3.91. The minimum Gasteiger partial charge on any atom is -0.489 e. The van der Waals surface area contributed by atoms with Gasteiger partial charge in [-0.15, -0.1) is 0 Å². The van der Waals surface area contributed by atoms with E-state index in [4.69, 9.17) is 39.5 Å². The van der Waals surface area contributed by atoms with E-state index in [0.29, 0.717) is 38.7 Å². The fourth-order valence-corrected chi connectivity index (χ4v) is 3.08. The van der Waals surface area contributed by atoms with Crippen molar-refractivity contribution in [2.45, 2.75) is 6.61 Å². The number of halogens is 3. The van der Waals surface area contributed by atoms with E-state index in [1.807, 2.05) is 12.1 Å². The van der Waals surface area contributed by atoms with Crippen LogP contribution in [0.15, 0.2) is 71.8 Å². The summed E-state index contributed by atoms with van der Waals surface area (Å²) in [5, 5.41) is 7.51. The lowest BCUT2D eigenvalue weighted by atomic mass is 10.2. The second-order valence-corrected chi connectivity index (χ2v) is 7.60. The van der Waals surface area contributed by atoms with Gasteiger partial charge in [-0.3, -0.25) is 9.59 Å². The standard InChI is InChI=1S/C22H16Cl3N3O3/c23-16-5-1-15(2-6-16)13-31-20-7-3-14(4-8-20)12-26-28-22(30)21(29)27-19-10-17(24)9-18(25)11-19/h1-12H,13H2,(H,27,29)(H,28,30). The van der Waals surface area contributed by atoms with Gasteiger partial charge in [0, 0.05) is 20.8 Å². The molecule has 0 atom stereocenters. The van der Waals surface area contributed by atoms with Crippen LogP contribution in [0.1, 0.15) is 11.1 Å². The molecule has 3 aromatic carbocycles. The summed E-state index contributed by atoms with van der Waals surface area (Å²) in [6.07, 6.45) is 1.41. The summed E-state index contributed by atoms with van der Waals surface area (Å²) in [6.45, 7) is 0.410. The number of hydrogen-bond acceptors (Lipinski definition) is 4. The van der Waals surface area contributed by atoms with E-state index in [0.717, 1.165) is 5.56 Å². The fourth-order valence-electron chi connectivity index (χ4n) is 2.43. The Balaban J connectivity index is 1.47. The Kier molecular flexibility index (Phi) is 7.89. The second-order valence-electron chi connectivity index (χ2n) is 6.30. The molecule has 0 radical (unpaired) electrons. The Morgan fingerprint density at radius 2 is 1.48 bits per heavy atom. The summed E-state index contributed by atoms with van der Waals surface area (Å²) in [5.74, 6) is -1.16. The quantitative estimate of drug-likeness (QED) is 0.287. The number of amides is 2. The Morgan fingerprint density at radius 1 is 0.839 bits per heavy atom. The predicted molar refractivity (Wildman–Crippen MR) is 123 cm³/mol. The van der Waals surface area contributed by atoms with Crippen LogP contribution in [-0.2, 0) is 16.2 Å². The smallest absolute Gasteiger partial charge is 0.329 e. The van der Waals surface area contributed by atoms with E-state index in [1.54, 1.807) is 36.4 Å². The summed E-state index contributed by atoms with van der Waals surface area (Å²) in [7, 11) is 0. The molecule has 3 rings (SSSR count).